The predicted molar refractivity (Wildman–Crippen MR) is 92.1 cm³/mol. The number of thiophene rings is 1. The van der Waals surface area contributed by atoms with Crippen LogP contribution in [0.3, 0.4) is 0 Å². The second-order valence-corrected chi connectivity index (χ2v) is 9.23. The summed E-state index contributed by atoms with van der Waals surface area (Å²) >= 11 is 1.34. The van der Waals surface area contributed by atoms with E-state index < -0.39 is 10.0 Å². The smallest absolute Gasteiger partial charge is 0.250 e. The first kappa shape index (κ1) is 17.9. The average Bonchev–Trinajstić information content (AvgIpc) is 2.85. The monoisotopic (exact) mass is 345 g/mol. The Morgan fingerprint density at radius 3 is 2.41 bits per heavy atom. The molecule has 0 spiro atoms. The standard InChI is InChI=1S/C15H27N3O2S2/c1-5-17-6-8-18(9-7-17)13(3)11-16-22(19,20)15-10-12(2)14(4)21-15/h10,13,16H,5-9,11H2,1-4H3/t13-/m0/s1. The van der Waals surface area contributed by atoms with E-state index in [0.29, 0.717) is 10.8 Å². The largest absolute Gasteiger partial charge is 0.301 e. The van der Waals surface area contributed by atoms with Crippen LogP contribution in [0.5, 0.6) is 0 Å². The molecule has 1 saturated heterocycles. The molecule has 0 saturated carbocycles. The maximum Gasteiger partial charge on any atom is 0.250 e. The van der Waals surface area contributed by atoms with E-state index in [0.717, 1.165) is 43.2 Å². The number of hydrogen-bond donors (Lipinski definition) is 1. The van der Waals surface area contributed by atoms with Crippen molar-refractivity contribution in [3.8, 4) is 0 Å². The minimum Gasteiger partial charge on any atom is -0.301 e. The van der Waals surface area contributed by atoms with E-state index in [1.807, 2.05) is 13.8 Å². The van der Waals surface area contributed by atoms with Crippen molar-refractivity contribution in [1.82, 2.24) is 14.5 Å². The van der Waals surface area contributed by atoms with E-state index in [1.54, 1.807) is 6.07 Å². The lowest BCUT2D eigenvalue weighted by molar-refractivity contribution is 0.107. The summed E-state index contributed by atoms with van der Waals surface area (Å²) in [5.74, 6) is 0. The van der Waals surface area contributed by atoms with Gasteiger partial charge in [0, 0.05) is 43.6 Å². The molecule has 1 aromatic heterocycles. The zero-order valence-corrected chi connectivity index (χ0v) is 15.6. The van der Waals surface area contributed by atoms with E-state index in [9.17, 15) is 8.42 Å². The van der Waals surface area contributed by atoms with Crippen LogP contribution in [0.4, 0.5) is 0 Å². The summed E-state index contributed by atoms with van der Waals surface area (Å²) in [6.45, 7) is 13.9. The number of nitrogens with zero attached hydrogens (tertiary/aromatic N) is 2. The quantitative estimate of drug-likeness (QED) is 0.852. The maximum atomic E-state index is 12.4. The first-order valence-corrected chi connectivity index (χ1v) is 10.2. The van der Waals surface area contributed by atoms with Gasteiger partial charge in [-0.1, -0.05) is 6.92 Å². The Kier molecular flexibility index (Phi) is 6.01. The fraction of sp³-hybridized carbons (Fsp3) is 0.733. The Morgan fingerprint density at radius 2 is 1.91 bits per heavy atom. The van der Waals surface area contributed by atoms with Gasteiger partial charge in [0.2, 0.25) is 10.0 Å². The van der Waals surface area contributed by atoms with Crippen LogP contribution in [0.1, 0.15) is 24.3 Å². The highest BCUT2D eigenvalue weighted by Crippen LogP contribution is 2.24. The van der Waals surface area contributed by atoms with Crippen LogP contribution in [0.2, 0.25) is 0 Å². The van der Waals surface area contributed by atoms with Crippen LogP contribution >= 0.6 is 11.3 Å². The van der Waals surface area contributed by atoms with E-state index >= 15 is 0 Å². The molecule has 7 heteroatoms. The Hall–Kier alpha value is -0.470. The van der Waals surface area contributed by atoms with Crippen LogP contribution in [-0.4, -0.2) is 63.5 Å². The van der Waals surface area contributed by atoms with Crippen LogP contribution in [0.25, 0.3) is 0 Å². The molecule has 1 aromatic rings. The van der Waals surface area contributed by atoms with E-state index in [4.69, 9.17) is 0 Å². The van der Waals surface area contributed by atoms with Gasteiger partial charge in [0.05, 0.1) is 0 Å². The van der Waals surface area contributed by atoms with Gasteiger partial charge >= 0.3 is 0 Å². The molecule has 2 heterocycles. The number of likely N-dealkylation sites (N-methyl/N-ethyl adjacent to an activating group) is 1. The highest BCUT2D eigenvalue weighted by Gasteiger charge is 2.23. The SMILES string of the molecule is CCN1CCN([C@@H](C)CNS(=O)(=O)c2cc(C)c(C)s2)CC1. The Labute approximate surface area is 138 Å². The third kappa shape index (κ3) is 4.29. The van der Waals surface area contributed by atoms with E-state index in [2.05, 4.69) is 28.4 Å². The molecule has 0 aliphatic carbocycles. The lowest BCUT2D eigenvalue weighted by atomic mass is 10.2. The Balaban J connectivity index is 1.89. The van der Waals surface area contributed by atoms with Crippen molar-refractivity contribution in [1.29, 1.82) is 0 Å². The van der Waals surface area contributed by atoms with Crippen molar-refractivity contribution >= 4 is 21.4 Å². The van der Waals surface area contributed by atoms with Crippen molar-refractivity contribution in [2.24, 2.45) is 0 Å². The molecule has 1 N–H and O–H groups in total. The van der Waals surface area contributed by atoms with Crippen LogP contribution in [-0.2, 0) is 10.0 Å². The van der Waals surface area contributed by atoms with Crippen molar-refractivity contribution < 1.29 is 8.42 Å². The minimum atomic E-state index is -3.38. The van der Waals surface area contributed by atoms with Gasteiger partial charge in [0.1, 0.15) is 4.21 Å². The van der Waals surface area contributed by atoms with Crippen molar-refractivity contribution in [3.63, 3.8) is 0 Å². The average molecular weight is 346 g/mol. The molecule has 5 nitrogen and oxygen atoms in total. The first-order chi connectivity index (χ1) is 10.3. The summed E-state index contributed by atoms with van der Waals surface area (Å²) in [5, 5.41) is 0. The second-order valence-electron chi connectivity index (χ2n) is 5.98. The second kappa shape index (κ2) is 7.40. The molecule has 1 fully saturated rings. The third-order valence-electron chi connectivity index (χ3n) is 4.45. The summed E-state index contributed by atoms with van der Waals surface area (Å²) in [6.07, 6.45) is 0. The van der Waals surface area contributed by atoms with E-state index in [-0.39, 0.29) is 6.04 Å². The fourth-order valence-corrected chi connectivity index (χ4v) is 5.31. The van der Waals surface area contributed by atoms with Gasteiger partial charge in [-0.2, -0.15) is 0 Å². The molecular formula is C15H27N3O2S2. The lowest BCUT2D eigenvalue weighted by Crippen LogP contribution is -2.52. The first-order valence-electron chi connectivity index (χ1n) is 7.86. The topological polar surface area (TPSA) is 52.6 Å². The summed E-state index contributed by atoms with van der Waals surface area (Å²) in [5.41, 5.74) is 1.04. The molecule has 2 rings (SSSR count). The number of piperazine rings is 1. The normalized spacial score (nSPS) is 19.5. The minimum absolute atomic E-state index is 0.218. The molecule has 126 valence electrons. The number of rotatable bonds is 6. The summed E-state index contributed by atoms with van der Waals surface area (Å²) in [6, 6.07) is 1.98. The lowest BCUT2D eigenvalue weighted by Gasteiger charge is -2.37. The Bertz CT molecular complexity index is 570. The predicted octanol–water partition coefficient (Wildman–Crippen LogP) is 1.67. The number of nitrogens with one attached hydrogen (secondary N) is 1. The van der Waals surface area contributed by atoms with Gasteiger partial charge < -0.3 is 4.90 Å². The molecule has 0 radical (unpaired) electrons. The third-order valence-corrected chi connectivity index (χ3v) is 7.50. The van der Waals surface area contributed by atoms with Gasteiger partial charge in [-0.3, -0.25) is 4.90 Å². The number of hydrogen-bond acceptors (Lipinski definition) is 5. The molecule has 1 atom stereocenters. The highest BCUT2D eigenvalue weighted by atomic mass is 32.2. The molecule has 0 bridgehead atoms. The highest BCUT2D eigenvalue weighted by molar-refractivity contribution is 7.91. The summed E-state index contributed by atoms with van der Waals surface area (Å²) < 4.78 is 27.9. The summed E-state index contributed by atoms with van der Waals surface area (Å²) in [7, 11) is -3.38. The van der Waals surface area contributed by atoms with Crippen LogP contribution in [0, 0.1) is 13.8 Å². The van der Waals surface area contributed by atoms with Crippen molar-refractivity contribution in [2.75, 3.05) is 39.3 Å². The van der Waals surface area contributed by atoms with Crippen LogP contribution in [0.15, 0.2) is 10.3 Å². The van der Waals surface area contributed by atoms with Gasteiger partial charge in [-0.05, 0) is 38.9 Å². The molecular weight excluding hydrogens is 318 g/mol. The van der Waals surface area contributed by atoms with Gasteiger partial charge in [-0.25, -0.2) is 13.1 Å². The van der Waals surface area contributed by atoms with Gasteiger partial charge in [0.25, 0.3) is 0 Å². The number of aryl methyl sites for hydroxylation is 2. The fourth-order valence-electron chi connectivity index (χ4n) is 2.62. The zero-order chi connectivity index (χ0) is 16.3. The van der Waals surface area contributed by atoms with Crippen molar-refractivity contribution in [2.45, 2.75) is 37.9 Å². The maximum absolute atomic E-state index is 12.4. The van der Waals surface area contributed by atoms with E-state index in [1.165, 1.54) is 11.3 Å². The molecule has 1 aliphatic heterocycles. The Morgan fingerprint density at radius 1 is 1.27 bits per heavy atom. The van der Waals surface area contributed by atoms with Crippen molar-refractivity contribution in [3.05, 3.63) is 16.5 Å². The molecule has 22 heavy (non-hydrogen) atoms. The zero-order valence-electron chi connectivity index (χ0n) is 13.9. The van der Waals surface area contributed by atoms with Gasteiger partial charge in [0.15, 0.2) is 0 Å². The molecule has 1 aliphatic rings. The van der Waals surface area contributed by atoms with Crippen LogP contribution < -0.4 is 4.72 Å². The number of sulfonamides is 1. The molecule has 0 unspecified atom stereocenters. The molecule has 0 amide bonds. The van der Waals surface area contributed by atoms with Gasteiger partial charge in [-0.15, -0.1) is 11.3 Å². The molecule has 0 aromatic carbocycles. The summed E-state index contributed by atoms with van der Waals surface area (Å²) in [4.78, 5) is 5.84.